The van der Waals surface area contributed by atoms with Gasteiger partial charge in [0.25, 0.3) is 0 Å². The average molecular weight is 637 g/mol. The highest BCUT2D eigenvalue weighted by Crippen LogP contribution is 2.38. The van der Waals surface area contributed by atoms with Crippen LogP contribution in [0.2, 0.25) is 0 Å². The molecule has 0 aliphatic rings. The minimum absolute atomic E-state index is 0.157. The highest BCUT2D eigenvalue weighted by molar-refractivity contribution is 7.50. The Labute approximate surface area is 239 Å². The third-order valence-electron chi connectivity index (χ3n) is 4.35. The second kappa shape index (κ2) is 23.7. The van der Waals surface area contributed by atoms with Crippen molar-refractivity contribution >= 4 is 37.5 Å². The summed E-state index contributed by atoms with van der Waals surface area (Å²) < 4.78 is 36.3. The van der Waals surface area contributed by atoms with E-state index in [0.717, 1.165) is 0 Å². The minimum atomic E-state index is -5.00. The van der Waals surface area contributed by atoms with Gasteiger partial charge in [0.1, 0.15) is 25.9 Å². The SMILES string of the molecule is NCCOCCOCCOCCNC(=O)COCC(=O)N[C@@H](COOOP(=O)(O)N[C@@H](CCC(=O)O)C(=O)O)C(=O)O. The zero-order chi connectivity index (χ0) is 31.8. The molecule has 22 heteroatoms. The summed E-state index contributed by atoms with van der Waals surface area (Å²) in [4.78, 5) is 70.4. The van der Waals surface area contributed by atoms with Gasteiger partial charge >= 0.3 is 25.7 Å². The van der Waals surface area contributed by atoms with Crippen LogP contribution in [-0.4, -0.2) is 135 Å². The summed E-state index contributed by atoms with van der Waals surface area (Å²) in [5, 5.41) is 36.7. The van der Waals surface area contributed by atoms with Crippen LogP contribution >= 0.6 is 7.75 Å². The summed E-state index contributed by atoms with van der Waals surface area (Å²) in [7, 11) is -5.00. The van der Waals surface area contributed by atoms with Gasteiger partial charge in [-0.05, 0) is 6.42 Å². The van der Waals surface area contributed by atoms with Gasteiger partial charge in [0.15, 0.2) is 6.04 Å². The van der Waals surface area contributed by atoms with Crippen molar-refractivity contribution in [2.45, 2.75) is 24.9 Å². The fourth-order valence-corrected chi connectivity index (χ4v) is 3.28. The Balaban J connectivity index is 4.12. The van der Waals surface area contributed by atoms with Gasteiger partial charge in [0.2, 0.25) is 11.8 Å². The van der Waals surface area contributed by atoms with Gasteiger partial charge in [-0.1, -0.05) is 5.04 Å². The summed E-state index contributed by atoms with van der Waals surface area (Å²) in [5.41, 5.74) is 5.27. The molecular formula is C20H37N4O17P. The maximum atomic E-state index is 11.9. The van der Waals surface area contributed by atoms with Crippen molar-refractivity contribution in [2.75, 3.05) is 72.6 Å². The summed E-state index contributed by atoms with van der Waals surface area (Å²) in [6, 6.07) is -3.56. The Hall–Kier alpha value is -2.82. The van der Waals surface area contributed by atoms with E-state index >= 15 is 0 Å². The van der Waals surface area contributed by atoms with E-state index in [2.05, 4.69) is 19.9 Å². The molecule has 0 radical (unpaired) electrons. The van der Waals surface area contributed by atoms with Gasteiger partial charge in [-0.15, -0.1) is 4.67 Å². The average Bonchev–Trinajstić information content (AvgIpc) is 2.90. The molecule has 42 heavy (non-hydrogen) atoms. The molecule has 244 valence electrons. The van der Waals surface area contributed by atoms with Crippen LogP contribution in [0.15, 0.2) is 0 Å². The van der Waals surface area contributed by atoms with Crippen LogP contribution in [0.1, 0.15) is 12.8 Å². The first-order valence-corrected chi connectivity index (χ1v) is 13.8. The fraction of sp³-hybridized carbons (Fsp3) is 0.750. The van der Waals surface area contributed by atoms with Crippen molar-refractivity contribution in [1.82, 2.24) is 15.7 Å². The first-order valence-electron chi connectivity index (χ1n) is 12.2. The Bertz CT molecular complexity index is 880. The molecule has 0 aromatic rings. The largest absolute Gasteiger partial charge is 0.481 e. The molecule has 0 aromatic carbocycles. The van der Waals surface area contributed by atoms with E-state index in [1.807, 2.05) is 5.32 Å². The number of hydrogen-bond donors (Lipinski definition) is 8. The number of carboxylic acid groups (broad SMARTS) is 3. The maximum Gasteiger partial charge on any atom is 0.433 e. The van der Waals surface area contributed by atoms with E-state index in [0.29, 0.717) is 39.6 Å². The van der Waals surface area contributed by atoms with E-state index < -0.39 is 82.2 Å². The Morgan fingerprint density at radius 2 is 1.36 bits per heavy atom. The maximum absolute atomic E-state index is 11.9. The Morgan fingerprint density at radius 1 is 0.786 bits per heavy atom. The molecule has 9 N–H and O–H groups in total. The van der Waals surface area contributed by atoms with Crippen LogP contribution in [0, 0.1) is 0 Å². The second-order valence-corrected chi connectivity index (χ2v) is 9.27. The van der Waals surface area contributed by atoms with Gasteiger partial charge in [-0.3, -0.25) is 19.2 Å². The van der Waals surface area contributed by atoms with Crippen molar-refractivity contribution in [2.24, 2.45) is 5.73 Å². The summed E-state index contributed by atoms with van der Waals surface area (Å²) in [6.07, 6.45) is -1.22. The van der Waals surface area contributed by atoms with Crippen LogP contribution in [0.25, 0.3) is 0 Å². The fourth-order valence-electron chi connectivity index (χ4n) is 2.47. The van der Waals surface area contributed by atoms with Crippen molar-refractivity contribution in [3.8, 4) is 0 Å². The summed E-state index contributed by atoms with van der Waals surface area (Å²) in [5.74, 6) is -6.16. The smallest absolute Gasteiger partial charge is 0.433 e. The molecule has 0 heterocycles. The van der Waals surface area contributed by atoms with Crippen molar-refractivity contribution in [3.05, 3.63) is 0 Å². The van der Waals surface area contributed by atoms with Crippen LogP contribution in [0.4, 0.5) is 0 Å². The number of amides is 2. The quantitative estimate of drug-likeness (QED) is 0.0179. The van der Waals surface area contributed by atoms with Crippen LogP contribution in [0.5, 0.6) is 0 Å². The van der Waals surface area contributed by atoms with Crippen molar-refractivity contribution in [3.63, 3.8) is 0 Å². The molecule has 3 atom stereocenters. The molecule has 0 bridgehead atoms. The number of nitrogens with one attached hydrogen (secondary N) is 3. The molecule has 0 saturated carbocycles. The van der Waals surface area contributed by atoms with Crippen molar-refractivity contribution < 1.29 is 82.3 Å². The molecule has 2 amide bonds. The number of nitrogens with two attached hydrogens (primary N) is 1. The zero-order valence-corrected chi connectivity index (χ0v) is 23.4. The number of aliphatic carboxylic acids is 3. The standard InChI is InChI=1S/C20H37N4O17P/c21-3-5-35-7-9-37-10-8-36-6-4-22-16(25)12-38-13-17(26)23-15(20(31)32)11-39-40-41-42(33,34)24-14(19(29)30)1-2-18(27)28/h14-15H,1-13,21H2,(H,22,25)(H,23,26)(H,27,28)(H,29,30)(H,31,32)(H2,24,33,34)/t14-,15-/m0/s1. The monoisotopic (exact) mass is 636 g/mol. The van der Waals surface area contributed by atoms with E-state index in [4.69, 9.17) is 40.0 Å². The number of rotatable bonds is 28. The normalized spacial score (nSPS) is 14.0. The zero-order valence-electron chi connectivity index (χ0n) is 22.5. The van der Waals surface area contributed by atoms with Gasteiger partial charge in [0, 0.05) is 19.5 Å². The Kier molecular flexibility index (Phi) is 22.1. The van der Waals surface area contributed by atoms with Crippen LogP contribution in [-0.2, 0) is 62.1 Å². The molecule has 0 aromatic heterocycles. The number of hydrogen-bond acceptors (Lipinski definition) is 14. The van der Waals surface area contributed by atoms with E-state index in [-0.39, 0.29) is 13.2 Å². The van der Waals surface area contributed by atoms with Crippen molar-refractivity contribution in [1.29, 1.82) is 0 Å². The van der Waals surface area contributed by atoms with Crippen LogP contribution < -0.4 is 21.5 Å². The van der Waals surface area contributed by atoms with Gasteiger partial charge in [0.05, 0.1) is 39.6 Å². The molecule has 0 aliphatic carbocycles. The molecule has 0 spiro atoms. The van der Waals surface area contributed by atoms with E-state index in [9.17, 15) is 33.4 Å². The number of carboxylic acids is 3. The highest BCUT2D eigenvalue weighted by atomic mass is 31.2. The number of carbonyl (C=O) groups excluding carboxylic acids is 2. The van der Waals surface area contributed by atoms with Gasteiger partial charge < -0.3 is 55.5 Å². The molecule has 21 nitrogen and oxygen atoms in total. The highest BCUT2D eigenvalue weighted by Gasteiger charge is 2.31. The first-order chi connectivity index (χ1) is 19.9. The summed E-state index contributed by atoms with van der Waals surface area (Å²) >= 11 is 0. The Morgan fingerprint density at radius 3 is 1.93 bits per heavy atom. The third kappa shape index (κ3) is 22.8. The van der Waals surface area contributed by atoms with Crippen LogP contribution in [0.3, 0.4) is 0 Å². The van der Waals surface area contributed by atoms with E-state index in [1.165, 1.54) is 0 Å². The molecule has 0 fully saturated rings. The molecule has 0 rings (SSSR count). The molecule has 0 aliphatic heterocycles. The lowest BCUT2D eigenvalue weighted by Crippen LogP contribution is -2.45. The number of carbonyl (C=O) groups is 5. The predicted octanol–water partition coefficient (Wildman–Crippen LogP) is -3.42. The molecule has 1 unspecified atom stereocenters. The first kappa shape index (κ1) is 39.2. The number of ether oxygens (including phenoxy) is 4. The third-order valence-corrected chi connectivity index (χ3v) is 5.25. The molecular weight excluding hydrogens is 599 g/mol. The van der Waals surface area contributed by atoms with Gasteiger partial charge in [-0.2, -0.15) is 0 Å². The molecule has 0 saturated heterocycles. The lowest BCUT2D eigenvalue weighted by atomic mass is 10.2. The lowest BCUT2D eigenvalue weighted by molar-refractivity contribution is -0.470. The minimum Gasteiger partial charge on any atom is -0.481 e. The summed E-state index contributed by atoms with van der Waals surface area (Å²) in [6.45, 7) is 0.506. The van der Waals surface area contributed by atoms with E-state index in [1.54, 1.807) is 5.09 Å². The lowest BCUT2D eigenvalue weighted by Gasteiger charge is -2.17. The van der Waals surface area contributed by atoms with Gasteiger partial charge in [-0.25, -0.2) is 19.3 Å². The topological polar surface area (TPSA) is 310 Å². The predicted molar refractivity (Wildman–Crippen MR) is 134 cm³/mol. The second-order valence-electron chi connectivity index (χ2n) is 7.83.